The second-order valence-corrected chi connectivity index (χ2v) is 5.62. The Morgan fingerprint density at radius 1 is 1.08 bits per heavy atom. The molecular weight excluding hydrogens is 336 g/mol. The molecule has 0 fully saturated rings. The zero-order chi connectivity index (χ0) is 19.1. The van der Waals surface area contributed by atoms with Crippen molar-refractivity contribution < 1.29 is 23.9 Å². The van der Waals surface area contributed by atoms with Crippen molar-refractivity contribution in [3.8, 4) is 5.75 Å². The molecule has 0 saturated heterocycles. The molecule has 7 nitrogen and oxygen atoms in total. The highest BCUT2D eigenvalue weighted by Gasteiger charge is 2.18. The lowest BCUT2D eigenvalue weighted by Gasteiger charge is -2.14. The number of nitrogens with two attached hydrogens (primary N) is 1. The molecule has 0 aromatic heterocycles. The van der Waals surface area contributed by atoms with E-state index in [1.807, 2.05) is 19.1 Å². The van der Waals surface area contributed by atoms with Crippen LogP contribution in [-0.2, 0) is 14.3 Å². The molecule has 0 unspecified atom stereocenters. The van der Waals surface area contributed by atoms with Crippen LogP contribution in [0.2, 0.25) is 0 Å². The molecule has 136 valence electrons. The number of ether oxygens (including phenoxy) is 2. The number of hydrogen-bond acceptors (Lipinski definition) is 5. The van der Waals surface area contributed by atoms with Crippen LogP contribution in [0.5, 0.6) is 5.75 Å². The average molecular weight is 356 g/mol. The number of benzene rings is 2. The smallest absolute Gasteiger partial charge is 0.344 e. The molecule has 0 bridgehead atoms. The van der Waals surface area contributed by atoms with E-state index < -0.39 is 23.9 Å². The molecule has 0 radical (unpaired) electrons. The quantitative estimate of drug-likeness (QED) is 0.738. The summed E-state index contributed by atoms with van der Waals surface area (Å²) in [4.78, 5) is 34.9. The SMILES string of the molecule is Cc1ccccc1OCC(=O)O[C@@H](C)C(=O)Nc1ccc(C(N)=O)cc1. The average Bonchev–Trinajstić information content (AvgIpc) is 2.61. The van der Waals surface area contributed by atoms with Gasteiger partial charge in [0, 0.05) is 11.3 Å². The topological polar surface area (TPSA) is 108 Å². The third-order valence-corrected chi connectivity index (χ3v) is 3.55. The largest absolute Gasteiger partial charge is 0.482 e. The third kappa shape index (κ3) is 5.34. The summed E-state index contributed by atoms with van der Waals surface area (Å²) >= 11 is 0. The molecule has 2 amide bonds. The van der Waals surface area contributed by atoms with E-state index in [0.717, 1.165) is 5.56 Å². The number of para-hydroxylation sites is 1. The van der Waals surface area contributed by atoms with Crippen LogP contribution in [0.3, 0.4) is 0 Å². The van der Waals surface area contributed by atoms with Gasteiger partial charge in [0.2, 0.25) is 5.91 Å². The highest BCUT2D eigenvalue weighted by Crippen LogP contribution is 2.16. The van der Waals surface area contributed by atoms with Crippen LogP contribution in [0.4, 0.5) is 5.69 Å². The van der Waals surface area contributed by atoms with Crippen LogP contribution >= 0.6 is 0 Å². The van der Waals surface area contributed by atoms with Gasteiger partial charge in [-0.15, -0.1) is 0 Å². The molecule has 2 rings (SSSR count). The molecule has 7 heteroatoms. The zero-order valence-electron chi connectivity index (χ0n) is 14.5. The van der Waals surface area contributed by atoms with Crippen LogP contribution in [-0.4, -0.2) is 30.5 Å². The van der Waals surface area contributed by atoms with Gasteiger partial charge in [0.15, 0.2) is 12.7 Å². The Labute approximate surface area is 151 Å². The Morgan fingerprint density at radius 2 is 1.73 bits per heavy atom. The third-order valence-electron chi connectivity index (χ3n) is 3.55. The number of rotatable bonds is 7. The second kappa shape index (κ2) is 8.66. The monoisotopic (exact) mass is 356 g/mol. The number of primary amides is 1. The zero-order valence-corrected chi connectivity index (χ0v) is 14.5. The van der Waals surface area contributed by atoms with Crippen molar-refractivity contribution in [2.24, 2.45) is 5.73 Å². The highest BCUT2D eigenvalue weighted by atomic mass is 16.6. The van der Waals surface area contributed by atoms with Gasteiger partial charge in [0.25, 0.3) is 5.91 Å². The van der Waals surface area contributed by atoms with Gasteiger partial charge in [-0.25, -0.2) is 4.79 Å². The molecule has 0 aliphatic carbocycles. The molecule has 3 N–H and O–H groups in total. The summed E-state index contributed by atoms with van der Waals surface area (Å²) < 4.78 is 10.4. The van der Waals surface area contributed by atoms with Crippen LogP contribution < -0.4 is 15.8 Å². The van der Waals surface area contributed by atoms with E-state index >= 15 is 0 Å². The maximum absolute atomic E-state index is 12.1. The number of esters is 1. The number of hydrogen-bond donors (Lipinski definition) is 2. The van der Waals surface area contributed by atoms with E-state index in [2.05, 4.69) is 5.32 Å². The van der Waals surface area contributed by atoms with Crippen molar-refractivity contribution in [3.05, 3.63) is 59.7 Å². The van der Waals surface area contributed by atoms with Crippen LogP contribution in [0.15, 0.2) is 48.5 Å². The van der Waals surface area contributed by atoms with Crippen molar-refractivity contribution in [3.63, 3.8) is 0 Å². The Bertz CT molecular complexity index is 802. The lowest BCUT2D eigenvalue weighted by atomic mass is 10.2. The fraction of sp³-hybridized carbons (Fsp3) is 0.211. The molecule has 0 aliphatic heterocycles. The molecule has 0 spiro atoms. The second-order valence-electron chi connectivity index (χ2n) is 5.62. The Morgan fingerprint density at radius 3 is 2.35 bits per heavy atom. The first kappa shape index (κ1) is 19.0. The van der Waals surface area contributed by atoms with Gasteiger partial charge in [0.05, 0.1) is 0 Å². The number of amides is 2. The highest BCUT2D eigenvalue weighted by molar-refractivity contribution is 5.96. The summed E-state index contributed by atoms with van der Waals surface area (Å²) in [5.74, 6) is -1.13. The fourth-order valence-corrected chi connectivity index (χ4v) is 2.10. The van der Waals surface area contributed by atoms with Crippen molar-refractivity contribution >= 4 is 23.5 Å². The molecule has 0 saturated carbocycles. The summed E-state index contributed by atoms with van der Waals surface area (Å²) in [6, 6.07) is 13.3. The van der Waals surface area contributed by atoms with Crippen LogP contribution in [0.25, 0.3) is 0 Å². The summed E-state index contributed by atoms with van der Waals surface area (Å²) in [7, 11) is 0. The Kier molecular flexibility index (Phi) is 6.32. The van der Waals surface area contributed by atoms with Crippen molar-refractivity contribution in [1.29, 1.82) is 0 Å². The van der Waals surface area contributed by atoms with Gasteiger partial charge in [0.1, 0.15) is 5.75 Å². The molecular formula is C19H20N2O5. The Hall–Kier alpha value is -3.35. The number of carbonyl (C=O) groups is 3. The first-order valence-corrected chi connectivity index (χ1v) is 7.95. The molecule has 0 aliphatic rings. The number of anilines is 1. The minimum atomic E-state index is -1.00. The minimum Gasteiger partial charge on any atom is -0.482 e. The van der Waals surface area contributed by atoms with Gasteiger partial charge in [-0.05, 0) is 49.7 Å². The van der Waals surface area contributed by atoms with Crippen molar-refractivity contribution in [2.45, 2.75) is 20.0 Å². The van der Waals surface area contributed by atoms with Gasteiger partial charge in [-0.1, -0.05) is 18.2 Å². The Balaban J connectivity index is 1.83. The standard InChI is InChI=1S/C19H20N2O5/c1-12-5-3-4-6-16(12)25-11-17(22)26-13(2)19(24)21-15-9-7-14(8-10-15)18(20)23/h3-10,13H,11H2,1-2H3,(H2,20,23)(H,21,24)/t13-/m0/s1. The van der Waals surface area contributed by atoms with Crippen molar-refractivity contribution in [1.82, 2.24) is 0 Å². The molecule has 2 aromatic rings. The van der Waals surface area contributed by atoms with E-state index in [-0.39, 0.29) is 6.61 Å². The maximum atomic E-state index is 12.1. The van der Waals surface area contributed by atoms with Gasteiger partial charge < -0.3 is 20.5 Å². The number of carbonyl (C=O) groups excluding carboxylic acids is 3. The van der Waals surface area contributed by atoms with E-state index in [4.69, 9.17) is 15.2 Å². The first-order chi connectivity index (χ1) is 12.4. The van der Waals surface area contributed by atoms with Gasteiger partial charge in [-0.3, -0.25) is 9.59 Å². The maximum Gasteiger partial charge on any atom is 0.344 e. The molecule has 2 aromatic carbocycles. The number of nitrogens with one attached hydrogen (secondary N) is 1. The van der Waals surface area contributed by atoms with E-state index in [1.165, 1.54) is 31.2 Å². The predicted octanol–water partition coefficient (Wildman–Crippen LogP) is 2.04. The first-order valence-electron chi connectivity index (χ1n) is 7.95. The minimum absolute atomic E-state index is 0.296. The predicted molar refractivity (Wildman–Crippen MR) is 95.8 cm³/mol. The van der Waals surface area contributed by atoms with Crippen molar-refractivity contribution in [2.75, 3.05) is 11.9 Å². The lowest BCUT2D eigenvalue weighted by molar-refractivity contribution is -0.155. The summed E-state index contributed by atoms with van der Waals surface area (Å²) in [5.41, 5.74) is 6.83. The fourth-order valence-electron chi connectivity index (χ4n) is 2.10. The molecule has 0 heterocycles. The summed E-state index contributed by atoms with van der Waals surface area (Å²) in [6.45, 7) is 3.02. The normalized spacial score (nSPS) is 11.3. The van der Waals surface area contributed by atoms with Crippen LogP contribution in [0.1, 0.15) is 22.8 Å². The van der Waals surface area contributed by atoms with Gasteiger partial charge >= 0.3 is 5.97 Å². The van der Waals surface area contributed by atoms with E-state index in [9.17, 15) is 14.4 Å². The summed E-state index contributed by atoms with van der Waals surface area (Å²) in [6.07, 6.45) is -1.00. The van der Waals surface area contributed by atoms with E-state index in [0.29, 0.717) is 17.0 Å². The summed E-state index contributed by atoms with van der Waals surface area (Å²) in [5, 5.41) is 2.59. The molecule has 1 atom stereocenters. The van der Waals surface area contributed by atoms with Crippen LogP contribution in [0, 0.1) is 6.92 Å². The lowest BCUT2D eigenvalue weighted by Crippen LogP contribution is -2.31. The van der Waals surface area contributed by atoms with Gasteiger partial charge in [-0.2, -0.15) is 0 Å². The van der Waals surface area contributed by atoms with E-state index in [1.54, 1.807) is 12.1 Å². The molecule has 26 heavy (non-hydrogen) atoms. The number of aryl methyl sites for hydroxylation is 1.